The monoisotopic (exact) mass is 490 g/mol. The number of pyridine rings is 1. The highest BCUT2D eigenvalue weighted by Gasteiger charge is 2.27. The summed E-state index contributed by atoms with van der Waals surface area (Å²) in [6, 6.07) is 11.2. The second-order valence-electron chi connectivity index (χ2n) is 9.00. The number of carbonyl (C=O) groups excluding carboxylic acids is 1. The Morgan fingerprint density at radius 1 is 0.944 bits per heavy atom. The van der Waals surface area contributed by atoms with Crippen LogP contribution in [0.5, 0.6) is 23.0 Å². The van der Waals surface area contributed by atoms with Gasteiger partial charge in [0.2, 0.25) is 0 Å². The molecular weight excluding hydrogens is 460 g/mol. The Hall–Kier alpha value is -3.94. The number of nitrogens with one attached hydrogen (secondary N) is 1. The zero-order valence-electron chi connectivity index (χ0n) is 20.8. The van der Waals surface area contributed by atoms with Crippen molar-refractivity contribution in [1.29, 1.82) is 0 Å². The lowest BCUT2D eigenvalue weighted by molar-refractivity contribution is 0.0731. The predicted molar refractivity (Wildman–Crippen MR) is 135 cm³/mol. The predicted octanol–water partition coefficient (Wildman–Crippen LogP) is 3.98. The summed E-state index contributed by atoms with van der Waals surface area (Å²) < 4.78 is 22.9. The molecule has 0 radical (unpaired) electrons. The van der Waals surface area contributed by atoms with Crippen LogP contribution in [-0.4, -0.2) is 50.3 Å². The highest BCUT2D eigenvalue weighted by molar-refractivity contribution is 5.94. The summed E-state index contributed by atoms with van der Waals surface area (Å²) in [4.78, 5) is 31.0. The molecule has 1 aliphatic carbocycles. The van der Waals surface area contributed by atoms with Crippen molar-refractivity contribution in [2.75, 3.05) is 34.5 Å². The first-order valence-electron chi connectivity index (χ1n) is 12.1. The number of amides is 1. The van der Waals surface area contributed by atoms with E-state index in [0.29, 0.717) is 29.5 Å². The average Bonchev–Trinajstić information content (AvgIpc) is 3.13. The maximum Gasteiger partial charge on any atom is 0.261 e. The second kappa shape index (κ2) is 9.97. The number of benzene rings is 2. The fourth-order valence-electron chi connectivity index (χ4n) is 5.09. The van der Waals surface area contributed by atoms with Gasteiger partial charge in [0.05, 0.1) is 33.4 Å². The third kappa shape index (κ3) is 4.27. The summed E-state index contributed by atoms with van der Waals surface area (Å²) >= 11 is 0. The zero-order chi connectivity index (χ0) is 25.2. The summed E-state index contributed by atoms with van der Waals surface area (Å²) in [5.74, 6) is 2.14. The van der Waals surface area contributed by atoms with Gasteiger partial charge in [-0.15, -0.1) is 0 Å². The lowest BCUT2D eigenvalue weighted by atomic mass is 9.95. The van der Waals surface area contributed by atoms with Crippen molar-refractivity contribution < 1.29 is 23.7 Å². The van der Waals surface area contributed by atoms with Crippen molar-refractivity contribution in [1.82, 2.24) is 9.88 Å². The van der Waals surface area contributed by atoms with Crippen molar-refractivity contribution in [3.05, 3.63) is 69.1 Å². The van der Waals surface area contributed by atoms with Crippen LogP contribution >= 0.6 is 0 Å². The van der Waals surface area contributed by atoms with Crippen LogP contribution in [0.15, 0.2) is 41.2 Å². The van der Waals surface area contributed by atoms with Gasteiger partial charge in [0.1, 0.15) is 23.7 Å². The molecule has 2 heterocycles. The molecule has 0 unspecified atom stereocenters. The molecule has 1 amide bonds. The van der Waals surface area contributed by atoms with E-state index in [4.69, 9.17) is 18.9 Å². The number of rotatable bonds is 5. The molecule has 0 saturated heterocycles. The summed E-state index contributed by atoms with van der Waals surface area (Å²) in [5, 5.41) is 0. The van der Waals surface area contributed by atoms with E-state index in [-0.39, 0.29) is 30.2 Å². The Bertz CT molecular complexity index is 1340. The van der Waals surface area contributed by atoms with Crippen LogP contribution in [0.2, 0.25) is 0 Å². The quantitative estimate of drug-likeness (QED) is 0.582. The molecule has 188 valence electrons. The van der Waals surface area contributed by atoms with Crippen LogP contribution in [-0.2, 0) is 19.4 Å². The minimum absolute atomic E-state index is 0.175. The van der Waals surface area contributed by atoms with E-state index in [9.17, 15) is 9.59 Å². The first-order valence-corrected chi connectivity index (χ1v) is 12.1. The third-order valence-corrected chi connectivity index (χ3v) is 6.89. The molecule has 2 aliphatic rings. The van der Waals surface area contributed by atoms with Gasteiger partial charge in [-0.2, -0.15) is 0 Å². The number of hydrogen-bond acceptors (Lipinski definition) is 6. The number of H-pyrrole nitrogens is 1. The van der Waals surface area contributed by atoms with Crippen molar-refractivity contribution in [2.45, 2.75) is 32.2 Å². The van der Waals surface area contributed by atoms with Gasteiger partial charge in [0.25, 0.3) is 11.5 Å². The number of aromatic amines is 1. The van der Waals surface area contributed by atoms with E-state index in [1.165, 1.54) is 0 Å². The van der Waals surface area contributed by atoms with E-state index in [0.717, 1.165) is 53.6 Å². The molecule has 0 atom stereocenters. The zero-order valence-corrected chi connectivity index (χ0v) is 20.8. The first kappa shape index (κ1) is 23.8. The van der Waals surface area contributed by atoms with Crippen LogP contribution in [0.25, 0.3) is 11.1 Å². The summed E-state index contributed by atoms with van der Waals surface area (Å²) in [5.41, 5.74) is 4.21. The topological polar surface area (TPSA) is 90.1 Å². The number of hydrogen-bond donors (Lipinski definition) is 1. The van der Waals surface area contributed by atoms with E-state index in [2.05, 4.69) is 4.98 Å². The average molecular weight is 491 g/mol. The molecule has 8 heteroatoms. The van der Waals surface area contributed by atoms with Crippen LogP contribution < -0.4 is 24.5 Å². The molecule has 3 aromatic rings. The van der Waals surface area contributed by atoms with Crippen molar-refractivity contribution in [2.24, 2.45) is 0 Å². The smallest absolute Gasteiger partial charge is 0.261 e. The molecule has 8 nitrogen and oxygen atoms in total. The van der Waals surface area contributed by atoms with E-state index < -0.39 is 0 Å². The van der Waals surface area contributed by atoms with Crippen molar-refractivity contribution in [3.63, 3.8) is 0 Å². The molecular formula is C28H30N2O6. The van der Waals surface area contributed by atoms with Gasteiger partial charge in [0, 0.05) is 17.8 Å². The maximum atomic E-state index is 13.6. The van der Waals surface area contributed by atoms with Gasteiger partial charge in [-0.25, -0.2) is 0 Å². The Balaban J connectivity index is 1.55. The number of ether oxygens (including phenoxy) is 4. The van der Waals surface area contributed by atoms with Crippen LogP contribution in [0, 0.1) is 0 Å². The number of methoxy groups -OCH3 is 3. The fraction of sp³-hybridized carbons (Fsp3) is 0.357. The van der Waals surface area contributed by atoms with E-state index in [1.54, 1.807) is 32.3 Å². The Morgan fingerprint density at radius 2 is 1.67 bits per heavy atom. The summed E-state index contributed by atoms with van der Waals surface area (Å²) in [6.07, 6.45) is 3.84. The van der Waals surface area contributed by atoms with Gasteiger partial charge in [-0.05, 0) is 67.1 Å². The lowest BCUT2D eigenvalue weighted by Crippen LogP contribution is -2.36. The van der Waals surface area contributed by atoms with Gasteiger partial charge in [-0.1, -0.05) is 6.07 Å². The number of fused-ring (bicyclic) bond motifs is 2. The van der Waals surface area contributed by atoms with Crippen molar-refractivity contribution in [3.8, 4) is 34.1 Å². The molecule has 1 aliphatic heterocycles. The minimum atomic E-state index is -0.337. The van der Waals surface area contributed by atoms with Gasteiger partial charge < -0.3 is 28.8 Å². The Morgan fingerprint density at radius 3 is 2.39 bits per heavy atom. The molecule has 36 heavy (non-hydrogen) atoms. The molecule has 5 rings (SSSR count). The second-order valence-corrected chi connectivity index (χ2v) is 9.00. The van der Waals surface area contributed by atoms with Gasteiger partial charge in [-0.3, -0.25) is 9.59 Å². The summed E-state index contributed by atoms with van der Waals surface area (Å²) in [6.45, 7) is 0.905. The minimum Gasteiger partial charge on any atom is -0.496 e. The molecule has 0 saturated carbocycles. The largest absolute Gasteiger partial charge is 0.496 e. The lowest BCUT2D eigenvalue weighted by Gasteiger charge is -2.22. The fourth-order valence-corrected chi connectivity index (χ4v) is 5.09. The first-order chi connectivity index (χ1) is 17.5. The molecule has 0 bridgehead atoms. The number of nitrogens with zero attached hydrogens (tertiary/aromatic N) is 1. The standard InChI is InChI=1S/C28H30N2O6/c1-33-22-9-6-10-23(34-2)25(22)18-13-19-16-30(11-12-36-26(19)24(15-18)35-3)28(32)20-14-17-7-4-5-8-21(17)29-27(20)31/h6,9-10,13-15H,4-5,7-8,11-12,16H2,1-3H3,(H,29,31). The molecule has 1 aromatic heterocycles. The molecule has 1 N–H and O–H groups in total. The highest BCUT2D eigenvalue weighted by atomic mass is 16.5. The summed E-state index contributed by atoms with van der Waals surface area (Å²) in [7, 11) is 4.81. The number of aromatic nitrogens is 1. The normalized spacial score (nSPS) is 14.7. The Labute approximate surface area is 209 Å². The number of aryl methyl sites for hydroxylation is 2. The van der Waals surface area contributed by atoms with Gasteiger partial charge >= 0.3 is 0 Å². The highest BCUT2D eigenvalue weighted by Crippen LogP contribution is 2.44. The van der Waals surface area contributed by atoms with E-state index >= 15 is 0 Å². The van der Waals surface area contributed by atoms with Gasteiger partial charge in [0.15, 0.2) is 11.5 Å². The van der Waals surface area contributed by atoms with Crippen LogP contribution in [0.3, 0.4) is 0 Å². The molecule has 0 spiro atoms. The van der Waals surface area contributed by atoms with Crippen LogP contribution in [0.4, 0.5) is 0 Å². The van der Waals surface area contributed by atoms with Crippen molar-refractivity contribution >= 4 is 5.91 Å². The molecule has 0 fully saturated rings. The third-order valence-electron chi connectivity index (χ3n) is 6.89. The SMILES string of the molecule is COc1cc(-c2c(OC)cccc2OC)cc2c1OCCN(C(=O)c1cc3c([nH]c1=O)CCCC3)C2. The van der Waals surface area contributed by atoms with E-state index in [1.807, 2.05) is 30.3 Å². The maximum absolute atomic E-state index is 13.6. The number of carbonyl (C=O) groups is 1. The Kier molecular flexibility index (Phi) is 6.59. The molecule has 2 aromatic carbocycles. The van der Waals surface area contributed by atoms with Crippen LogP contribution in [0.1, 0.15) is 40.0 Å².